The van der Waals surface area contributed by atoms with Gasteiger partial charge in [0, 0.05) is 6.42 Å². The van der Waals surface area contributed by atoms with Crippen LogP contribution in [0.4, 0.5) is 0 Å². The third-order valence-corrected chi connectivity index (χ3v) is 3.30. The molecule has 0 aromatic heterocycles. The molecule has 0 unspecified atom stereocenters. The van der Waals surface area contributed by atoms with Gasteiger partial charge in [0.2, 0.25) is 0 Å². The molecule has 0 aromatic rings. The Morgan fingerprint density at radius 1 is 0.773 bits per heavy atom. The van der Waals surface area contributed by atoms with E-state index in [1.54, 1.807) is 0 Å². The molecule has 0 radical (unpaired) electrons. The molecule has 2 heteroatoms. The molecule has 0 aliphatic carbocycles. The van der Waals surface area contributed by atoms with E-state index >= 15 is 0 Å². The molecule has 0 aromatic carbocycles. The Balaban J connectivity index is 3.35. The molecule has 126 valence electrons. The quantitative estimate of drug-likeness (QED) is 0.219. The number of hydrogen-bond donors (Lipinski definition) is 0. The molecular formula is C20H34O2. The predicted octanol–water partition coefficient (Wildman–Crippen LogP) is 6.14. The lowest BCUT2D eigenvalue weighted by atomic mass is 10.2. The van der Waals surface area contributed by atoms with E-state index in [9.17, 15) is 4.79 Å². The van der Waals surface area contributed by atoms with Gasteiger partial charge in [-0.25, -0.2) is 0 Å². The minimum Gasteiger partial charge on any atom is -0.466 e. The smallest absolute Gasteiger partial charge is 0.305 e. The summed E-state index contributed by atoms with van der Waals surface area (Å²) in [5.41, 5.74) is 0. The summed E-state index contributed by atoms with van der Waals surface area (Å²) in [6.45, 7) is 4.56. The molecule has 0 heterocycles. The molecule has 0 amide bonds. The largest absolute Gasteiger partial charge is 0.466 e. The van der Waals surface area contributed by atoms with Crippen molar-refractivity contribution in [3.63, 3.8) is 0 Å². The topological polar surface area (TPSA) is 26.3 Å². The van der Waals surface area contributed by atoms with Crippen molar-refractivity contribution in [1.82, 2.24) is 0 Å². The van der Waals surface area contributed by atoms with Crippen LogP contribution in [0.2, 0.25) is 0 Å². The van der Waals surface area contributed by atoms with Gasteiger partial charge in [-0.3, -0.25) is 4.79 Å². The summed E-state index contributed by atoms with van der Waals surface area (Å²) < 4.78 is 4.88. The highest BCUT2D eigenvalue weighted by Crippen LogP contribution is 2.02. The summed E-state index contributed by atoms with van der Waals surface area (Å²) in [7, 11) is 0. The van der Waals surface area contributed by atoms with Crippen molar-refractivity contribution in [1.29, 1.82) is 0 Å². The number of rotatable bonds is 14. The second-order valence-corrected chi connectivity index (χ2v) is 5.42. The minimum atomic E-state index is -0.0819. The zero-order valence-corrected chi connectivity index (χ0v) is 14.6. The standard InChI is InChI=1S/C20H34O2/c1-3-5-6-7-8-9-10-11-12-13-14-15-16-17-18-19-20(21)22-4-2/h8-9,11-12,15-16H,3-7,10,13-14,17-19H2,1-2H3/b9-8+,12-11+,16-15+. The number of ether oxygens (including phenoxy) is 1. The second kappa shape index (κ2) is 17.7. The first-order valence-electron chi connectivity index (χ1n) is 8.91. The van der Waals surface area contributed by atoms with Gasteiger partial charge in [-0.05, 0) is 51.9 Å². The SMILES string of the molecule is CCCCC/C=C/C/C=C/CC/C=C/CCCC(=O)OCC. The molecule has 0 spiro atoms. The van der Waals surface area contributed by atoms with Crippen molar-refractivity contribution in [2.24, 2.45) is 0 Å². The van der Waals surface area contributed by atoms with Crippen molar-refractivity contribution < 1.29 is 9.53 Å². The summed E-state index contributed by atoms with van der Waals surface area (Å²) in [5, 5.41) is 0. The van der Waals surface area contributed by atoms with Crippen LogP contribution in [0.3, 0.4) is 0 Å². The monoisotopic (exact) mass is 306 g/mol. The average Bonchev–Trinajstić information content (AvgIpc) is 2.51. The van der Waals surface area contributed by atoms with E-state index in [-0.39, 0.29) is 5.97 Å². The third kappa shape index (κ3) is 16.7. The van der Waals surface area contributed by atoms with Crippen LogP contribution in [-0.4, -0.2) is 12.6 Å². The summed E-state index contributed by atoms with van der Waals surface area (Å²) in [4.78, 5) is 11.1. The molecule has 0 aliphatic rings. The Labute approximate surface area is 137 Å². The summed E-state index contributed by atoms with van der Waals surface area (Å²) in [5.74, 6) is -0.0819. The Bertz CT molecular complexity index is 327. The van der Waals surface area contributed by atoms with E-state index in [2.05, 4.69) is 43.4 Å². The fourth-order valence-corrected chi connectivity index (χ4v) is 2.04. The first kappa shape index (κ1) is 20.7. The van der Waals surface area contributed by atoms with Crippen molar-refractivity contribution in [2.45, 2.75) is 78.1 Å². The first-order valence-corrected chi connectivity index (χ1v) is 8.91. The third-order valence-electron chi connectivity index (χ3n) is 3.30. The predicted molar refractivity (Wildman–Crippen MR) is 95.9 cm³/mol. The van der Waals surface area contributed by atoms with Crippen LogP contribution in [0.5, 0.6) is 0 Å². The molecule has 0 saturated heterocycles. The number of hydrogen-bond acceptors (Lipinski definition) is 2. The fraction of sp³-hybridized carbons (Fsp3) is 0.650. The van der Waals surface area contributed by atoms with Crippen LogP contribution in [0, 0.1) is 0 Å². The molecule has 22 heavy (non-hydrogen) atoms. The van der Waals surface area contributed by atoms with Gasteiger partial charge in [0.1, 0.15) is 0 Å². The maximum Gasteiger partial charge on any atom is 0.305 e. The maximum atomic E-state index is 11.1. The molecule has 0 bridgehead atoms. The Hall–Kier alpha value is -1.31. The Morgan fingerprint density at radius 2 is 1.36 bits per heavy atom. The van der Waals surface area contributed by atoms with Crippen LogP contribution in [0.25, 0.3) is 0 Å². The fourth-order valence-electron chi connectivity index (χ4n) is 2.04. The van der Waals surface area contributed by atoms with Crippen molar-refractivity contribution >= 4 is 5.97 Å². The van der Waals surface area contributed by atoms with Crippen LogP contribution < -0.4 is 0 Å². The highest BCUT2D eigenvalue weighted by Gasteiger charge is 1.98. The van der Waals surface area contributed by atoms with Gasteiger partial charge in [0.25, 0.3) is 0 Å². The average molecular weight is 306 g/mol. The lowest BCUT2D eigenvalue weighted by Gasteiger charge is -1.98. The molecular weight excluding hydrogens is 272 g/mol. The van der Waals surface area contributed by atoms with Crippen LogP contribution in [0.15, 0.2) is 36.5 Å². The molecule has 2 nitrogen and oxygen atoms in total. The molecule has 0 atom stereocenters. The number of carbonyl (C=O) groups excluding carboxylic acids is 1. The van der Waals surface area contributed by atoms with Crippen LogP contribution in [-0.2, 0) is 9.53 Å². The lowest BCUT2D eigenvalue weighted by Crippen LogP contribution is -2.02. The molecule has 0 rings (SSSR count). The molecule has 0 fully saturated rings. The zero-order chi connectivity index (χ0) is 16.3. The summed E-state index contributed by atoms with van der Waals surface area (Å²) >= 11 is 0. The van der Waals surface area contributed by atoms with Gasteiger partial charge in [0.15, 0.2) is 0 Å². The first-order chi connectivity index (χ1) is 10.8. The second-order valence-electron chi connectivity index (χ2n) is 5.42. The van der Waals surface area contributed by atoms with Gasteiger partial charge in [-0.15, -0.1) is 0 Å². The van der Waals surface area contributed by atoms with E-state index < -0.39 is 0 Å². The van der Waals surface area contributed by atoms with Gasteiger partial charge in [-0.1, -0.05) is 56.2 Å². The molecule has 0 saturated carbocycles. The lowest BCUT2D eigenvalue weighted by molar-refractivity contribution is -0.143. The number of unbranched alkanes of at least 4 members (excludes halogenated alkanes) is 5. The van der Waals surface area contributed by atoms with Crippen molar-refractivity contribution in [2.75, 3.05) is 6.61 Å². The van der Waals surface area contributed by atoms with E-state index in [1.807, 2.05) is 6.92 Å². The normalized spacial score (nSPS) is 11.9. The van der Waals surface area contributed by atoms with E-state index in [1.165, 1.54) is 25.7 Å². The Morgan fingerprint density at radius 3 is 2.05 bits per heavy atom. The van der Waals surface area contributed by atoms with E-state index in [0.29, 0.717) is 13.0 Å². The van der Waals surface area contributed by atoms with Gasteiger partial charge >= 0.3 is 5.97 Å². The van der Waals surface area contributed by atoms with Gasteiger partial charge < -0.3 is 4.74 Å². The molecule has 0 N–H and O–H groups in total. The number of esters is 1. The highest BCUT2D eigenvalue weighted by atomic mass is 16.5. The number of carbonyl (C=O) groups is 1. The summed E-state index contributed by atoms with van der Waals surface area (Å²) in [6, 6.07) is 0. The van der Waals surface area contributed by atoms with E-state index in [0.717, 1.165) is 32.1 Å². The van der Waals surface area contributed by atoms with Crippen molar-refractivity contribution in [3.05, 3.63) is 36.5 Å². The van der Waals surface area contributed by atoms with Gasteiger partial charge in [-0.2, -0.15) is 0 Å². The van der Waals surface area contributed by atoms with Crippen LogP contribution >= 0.6 is 0 Å². The number of allylic oxidation sites excluding steroid dienone is 6. The zero-order valence-electron chi connectivity index (χ0n) is 14.6. The Kier molecular flexibility index (Phi) is 16.7. The maximum absolute atomic E-state index is 11.1. The molecule has 0 aliphatic heterocycles. The summed E-state index contributed by atoms with van der Waals surface area (Å²) in [6.07, 6.45) is 24.2. The van der Waals surface area contributed by atoms with Gasteiger partial charge in [0.05, 0.1) is 6.61 Å². The van der Waals surface area contributed by atoms with Crippen molar-refractivity contribution in [3.8, 4) is 0 Å². The minimum absolute atomic E-state index is 0.0819. The van der Waals surface area contributed by atoms with Crippen LogP contribution in [0.1, 0.15) is 78.1 Å². The van der Waals surface area contributed by atoms with E-state index in [4.69, 9.17) is 4.74 Å². The highest BCUT2D eigenvalue weighted by molar-refractivity contribution is 5.69.